The highest BCUT2D eigenvalue weighted by atomic mass is 32.1. The highest BCUT2D eigenvalue weighted by Gasteiger charge is 2.38. The van der Waals surface area contributed by atoms with Crippen LogP contribution in [0.2, 0.25) is 0 Å². The standard InChI is InChI=1S/C20H23N7S.C2HF3O2/c1-14-3-4-17(28-14)13-26-9-7-15(8-10-26)20-23-22-19-6-5-18(24-27(19)20)16-11-21-25(2)12-16;3-2(4,5)1(6)7/h3-6,11-12,15H,7-10,13H2,1-2H3;(H,6,7). The molecule has 0 radical (unpaired) electrons. The van der Waals surface area contributed by atoms with E-state index in [9.17, 15) is 13.2 Å². The van der Waals surface area contributed by atoms with E-state index in [-0.39, 0.29) is 0 Å². The normalized spacial score (nSPS) is 15.2. The molecule has 1 aliphatic rings. The molecule has 186 valence electrons. The van der Waals surface area contributed by atoms with E-state index in [1.165, 1.54) is 9.75 Å². The van der Waals surface area contributed by atoms with Crippen LogP contribution in [0.1, 0.15) is 34.3 Å². The minimum Gasteiger partial charge on any atom is -0.475 e. The van der Waals surface area contributed by atoms with Gasteiger partial charge in [-0.1, -0.05) is 0 Å². The zero-order chi connectivity index (χ0) is 25.2. The lowest BCUT2D eigenvalue weighted by Gasteiger charge is -2.30. The number of carboxylic acids is 1. The van der Waals surface area contributed by atoms with E-state index in [0.29, 0.717) is 5.92 Å². The van der Waals surface area contributed by atoms with E-state index in [4.69, 9.17) is 15.0 Å². The van der Waals surface area contributed by atoms with Gasteiger partial charge in [0, 0.05) is 41.0 Å². The number of hydrogen-bond donors (Lipinski definition) is 1. The maximum absolute atomic E-state index is 10.6. The molecule has 1 N–H and O–H groups in total. The number of alkyl halides is 3. The molecule has 0 amide bonds. The summed E-state index contributed by atoms with van der Waals surface area (Å²) in [6.45, 7) is 5.39. The second kappa shape index (κ2) is 10.1. The average Bonchev–Trinajstić information content (AvgIpc) is 3.53. The molecule has 9 nitrogen and oxygen atoms in total. The zero-order valence-electron chi connectivity index (χ0n) is 19.1. The second-order valence-electron chi connectivity index (χ2n) is 8.32. The van der Waals surface area contributed by atoms with Gasteiger partial charge in [-0.3, -0.25) is 9.58 Å². The van der Waals surface area contributed by atoms with Crippen LogP contribution in [0, 0.1) is 6.92 Å². The smallest absolute Gasteiger partial charge is 0.475 e. The Bertz CT molecular complexity index is 1310. The summed E-state index contributed by atoms with van der Waals surface area (Å²) < 4.78 is 35.4. The van der Waals surface area contributed by atoms with Gasteiger partial charge in [0.2, 0.25) is 0 Å². The highest BCUT2D eigenvalue weighted by Crippen LogP contribution is 2.29. The van der Waals surface area contributed by atoms with Crippen molar-refractivity contribution in [2.24, 2.45) is 7.05 Å². The first kappa shape index (κ1) is 24.8. The van der Waals surface area contributed by atoms with Gasteiger partial charge in [0.05, 0.1) is 11.9 Å². The highest BCUT2D eigenvalue weighted by molar-refractivity contribution is 7.11. The maximum atomic E-state index is 10.6. The third-order valence-electron chi connectivity index (χ3n) is 5.66. The number of hydrogen-bond acceptors (Lipinski definition) is 7. The molecular formula is C22H24F3N7O2S. The van der Waals surface area contributed by atoms with Crippen molar-refractivity contribution in [3.05, 3.63) is 52.2 Å². The fourth-order valence-electron chi connectivity index (χ4n) is 3.91. The summed E-state index contributed by atoms with van der Waals surface area (Å²) in [6.07, 6.45) is 0.903. The number of rotatable bonds is 4. The SMILES string of the molecule is Cc1ccc(CN2CCC(c3nnc4ccc(-c5cnn(C)c5)nn34)CC2)s1.O=C(O)C(F)(F)F. The fraction of sp³-hybridized carbons (Fsp3) is 0.409. The average molecular weight is 508 g/mol. The Morgan fingerprint density at radius 2 is 1.89 bits per heavy atom. The third-order valence-corrected chi connectivity index (χ3v) is 6.64. The summed E-state index contributed by atoms with van der Waals surface area (Å²) >= 11 is 1.90. The number of piperidine rings is 1. The van der Waals surface area contributed by atoms with Crippen LogP contribution < -0.4 is 0 Å². The molecule has 4 aromatic heterocycles. The summed E-state index contributed by atoms with van der Waals surface area (Å²) in [5.74, 6) is -1.38. The van der Waals surface area contributed by atoms with E-state index in [1.807, 2.05) is 47.4 Å². The number of aliphatic carboxylic acids is 1. The molecule has 5 rings (SSSR count). The van der Waals surface area contributed by atoms with Gasteiger partial charge < -0.3 is 5.11 Å². The van der Waals surface area contributed by atoms with E-state index in [1.54, 1.807) is 4.68 Å². The van der Waals surface area contributed by atoms with Crippen LogP contribution in [-0.2, 0) is 18.4 Å². The Hall–Kier alpha value is -3.32. The molecule has 13 heteroatoms. The van der Waals surface area contributed by atoms with Gasteiger partial charge in [-0.2, -0.15) is 27.9 Å². The summed E-state index contributed by atoms with van der Waals surface area (Å²) in [4.78, 5) is 14.3. The van der Waals surface area contributed by atoms with E-state index >= 15 is 0 Å². The number of likely N-dealkylation sites (tertiary alicyclic amines) is 1. The quantitative estimate of drug-likeness (QED) is 0.447. The molecule has 4 aromatic rings. The predicted molar refractivity (Wildman–Crippen MR) is 123 cm³/mol. The fourth-order valence-corrected chi connectivity index (χ4v) is 4.84. The van der Waals surface area contributed by atoms with Gasteiger partial charge in [-0.25, -0.2) is 4.79 Å². The number of nitrogens with zero attached hydrogens (tertiary/aromatic N) is 7. The summed E-state index contributed by atoms with van der Waals surface area (Å²) in [6, 6.07) is 8.43. The van der Waals surface area contributed by atoms with E-state index in [0.717, 1.165) is 55.2 Å². The molecule has 0 atom stereocenters. The van der Waals surface area contributed by atoms with Gasteiger partial charge in [-0.15, -0.1) is 21.5 Å². The van der Waals surface area contributed by atoms with Crippen LogP contribution in [0.25, 0.3) is 16.9 Å². The molecule has 5 heterocycles. The number of aromatic nitrogens is 6. The van der Waals surface area contributed by atoms with Crippen LogP contribution in [0.15, 0.2) is 36.7 Å². The summed E-state index contributed by atoms with van der Waals surface area (Å²) in [5, 5.41) is 25.0. The first-order valence-corrected chi connectivity index (χ1v) is 11.7. The summed E-state index contributed by atoms with van der Waals surface area (Å²) in [5.41, 5.74) is 2.70. The first-order valence-electron chi connectivity index (χ1n) is 10.9. The lowest BCUT2D eigenvalue weighted by Crippen LogP contribution is -2.32. The molecule has 0 aromatic carbocycles. The number of halogens is 3. The largest absolute Gasteiger partial charge is 0.490 e. The summed E-state index contributed by atoms with van der Waals surface area (Å²) in [7, 11) is 1.91. The second-order valence-corrected chi connectivity index (χ2v) is 9.69. The van der Waals surface area contributed by atoms with E-state index in [2.05, 4.69) is 39.3 Å². The van der Waals surface area contributed by atoms with Crippen molar-refractivity contribution < 1.29 is 23.1 Å². The van der Waals surface area contributed by atoms with Crippen LogP contribution >= 0.6 is 11.3 Å². The Labute approximate surface area is 202 Å². The molecule has 1 aliphatic heterocycles. The zero-order valence-corrected chi connectivity index (χ0v) is 19.9. The van der Waals surface area contributed by atoms with Crippen molar-refractivity contribution in [1.29, 1.82) is 0 Å². The molecule has 0 unspecified atom stereocenters. The Morgan fingerprint density at radius 3 is 2.46 bits per heavy atom. The number of carbonyl (C=O) groups is 1. The van der Waals surface area contributed by atoms with Crippen LogP contribution in [0.5, 0.6) is 0 Å². The van der Waals surface area contributed by atoms with Crippen molar-refractivity contribution in [3.63, 3.8) is 0 Å². The molecule has 1 saturated heterocycles. The number of fused-ring (bicyclic) bond motifs is 1. The first-order chi connectivity index (χ1) is 16.6. The van der Waals surface area contributed by atoms with Crippen molar-refractivity contribution in [1.82, 2.24) is 34.5 Å². The van der Waals surface area contributed by atoms with Crippen molar-refractivity contribution >= 4 is 23.0 Å². The molecule has 0 bridgehead atoms. The van der Waals surface area contributed by atoms with Crippen LogP contribution in [-0.4, -0.2) is 64.8 Å². The topological polar surface area (TPSA) is 101 Å². The minimum absolute atomic E-state index is 0.396. The Kier molecular flexibility index (Phi) is 7.17. The van der Waals surface area contributed by atoms with Gasteiger partial charge in [0.25, 0.3) is 0 Å². The molecule has 0 saturated carbocycles. The third kappa shape index (κ3) is 6.03. The lowest BCUT2D eigenvalue weighted by molar-refractivity contribution is -0.192. The van der Waals surface area contributed by atoms with Crippen molar-refractivity contribution in [3.8, 4) is 11.3 Å². The van der Waals surface area contributed by atoms with Gasteiger partial charge in [-0.05, 0) is 57.1 Å². The maximum Gasteiger partial charge on any atom is 0.490 e. The van der Waals surface area contributed by atoms with Gasteiger partial charge in [0.1, 0.15) is 0 Å². The van der Waals surface area contributed by atoms with E-state index < -0.39 is 12.1 Å². The monoisotopic (exact) mass is 507 g/mol. The number of thiophene rings is 1. The Morgan fingerprint density at radius 1 is 1.17 bits per heavy atom. The minimum atomic E-state index is -5.08. The van der Waals surface area contributed by atoms with Crippen LogP contribution in [0.4, 0.5) is 13.2 Å². The Balaban J connectivity index is 0.000000364. The molecule has 0 spiro atoms. The molecule has 35 heavy (non-hydrogen) atoms. The van der Waals surface area contributed by atoms with Gasteiger partial charge >= 0.3 is 12.1 Å². The predicted octanol–water partition coefficient (Wildman–Crippen LogP) is 3.91. The lowest BCUT2D eigenvalue weighted by atomic mass is 9.96. The number of aryl methyl sites for hydroxylation is 2. The molecule has 1 fully saturated rings. The van der Waals surface area contributed by atoms with Gasteiger partial charge in [0.15, 0.2) is 11.5 Å². The van der Waals surface area contributed by atoms with Crippen LogP contribution in [0.3, 0.4) is 0 Å². The molecular weight excluding hydrogens is 483 g/mol. The van der Waals surface area contributed by atoms with Crippen molar-refractivity contribution in [2.75, 3.05) is 13.1 Å². The number of carboxylic acid groups (broad SMARTS) is 1. The van der Waals surface area contributed by atoms with Crippen molar-refractivity contribution in [2.45, 2.75) is 38.4 Å². The molecule has 0 aliphatic carbocycles.